The Morgan fingerprint density at radius 2 is 1.94 bits per heavy atom. The van der Waals surface area contributed by atoms with Crippen molar-refractivity contribution < 1.29 is 23.0 Å². The Bertz CT molecular complexity index is 1660. The number of hydrogen-bond donors (Lipinski definition) is 0. The van der Waals surface area contributed by atoms with Crippen molar-refractivity contribution in [2.45, 2.75) is 6.61 Å². The summed E-state index contributed by atoms with van der Waals surface area (Å²) in [6, 6.07) is 16.4. The molecule has 6 rings (SSSR count). The zero-order valence-corrected chi connectivity index (χ0v) is 20.1. The van der Waals surface area contributed by atoms with Crippen LogP contribution in [0.5, 0.6) is 16.7 Å². The van der Waals surface area contributed by atoms with E-state index in [0.29, 0.717) is 51.0 Å². The maximum absolute atomic E-state index is 13.2. The Balaban J connectivity index is 1.30. The molecule has 4 aromatic heterocycles. The third kappa shape index (κ3) is 4.11. The molecule has 0 aliphatic carbocycles. The summed E-state index contributed by atoms with van der Waals surface area (Å²) in [7, 11) is 3.17. The Morgan fingerprint density at radius 3 is 2.72 bits per heavy atom. The molecule has 0 aliphatic rings. The second-order valence-corrected chi connectivity index (χ2v) is 8.84. The fourth-order valence-electron chi connectivity index (χ4n) is 3.86. The highest BCUT2D eigenvalue weighted by molar-refractivity contribution is 7.18. The topological polar surface area (TPSA) is 83.9 Å². The molecule has 0 amide bonds. The molecule has 0 aliphatic heterocycles. The molecular weight excluding hydrogens is 483 g/mol. The van der Waals surface area contributed by atoms with Crippen LogP contribution in [0.1, 0.15) is 5.56 Å². The van der Waals surface area contributed by atoms with Crippen molar-refractivity contribution in [1.29, 1.82) is 0 Å². The molecule has 8 nitrogen and oxygen atoms in total. The average molecular weight is 503 g/mol. The van der Waals surface area contributed by atoms with E-state index in [1.165, 1.54) is 23.6 Å². The van der Waals surface area contributed by atoms with Crippen LogP contribution in [-0.2, 0) is 6.61 Å². The molecule has 10 heteroatoms. The SMILES string of the molecule is COc1cc(OCc2cccc(-c3ccc(F)cn3)c2)c2cc(-c3cn4nc(OC)sc4n3)oc2c1. The average Bonchev–Trinajstić information content (AvgIpc) is 3.60. The van der Waals surface area contributed by atoms with Crippen molar-refractivity contribution in [1.82, 2.24) is 19.6 Å². The van der Waals surface area contributed by atoms with E-state index in [4.69, 9.17) is 18.6 Å². The Hall–Kier alpha value is -4.44. The number of rotatable bonds is 7. The summed E-state index contributed by atoms with van der Waals surface area (Å²) in [5.74, 6) is 1.45. The lowest BCUT2D eigenvalue weighted by atomic mass is 10.1. The summed E-state index contributed by atoms with van der Waals surface area (Å²) in [5.41, 5.74) is 3.77. The normalized spacial score (nSPS) is 11.3. The maximum atomic E-state index is 13.2. The molecule has 2 aromatic carbocycles. The lowest BCUT2D eigenvalue weighted by Gasteiger charge is -2.10. The van der Waals surface area contributed by atoms with Crippen molar-refractivity contribution in [3.05, 3.63) is 78.4 Å². The van der Waals surface area contributed by atoms with Gasteiger partial charge in [-0.3, -0.25) is 4.98 Å². The van der Waals surface area contributed by atoms with Crippen molar-refractivity contribution in [3.8, 4) is 39.4 Å². The van der Waals surface area contributed by atoms with E-state index in [1.807, 2.05) is 42.5 Å². The van der Waals surface area contributed by atoms with E-state index in [-0.39, 0.29) is 5.82 Å². The molecule has 0 saturated heterocycles. The third-order valence-corrected chi connectivity index (χ3v) is 6.49. The minimum atomic E-state index is -0.369. The van der Waals surface area contributed by atoms with E-state index in [2.05, 4.69) is 15.1 Å². The molecule has 0 fully saturated rings. The Labute approximate surface area is 208 Å². The highest BCUT2D eigenvalue weighted by Crippen LogP contribution is 2.37. The number of aromatic nitrogens is 4. The van der Waals surface area contributed by atoms with E-state index in [0.717, 1.165) is 16.5 Å². The first-order valence-electron chi connectivity index (χ1n) is 11.0. The lowest BCUT2D eigenvalue weighted by Crippen LogP contribution is -1.97. The summed E-state index contributed by atoms with van der Waals surface area (Å²) >= 11 is 1.34. The number of fused-ring (bicyclic) bond motifs is 2. The minimum Gasteiger partial charge on any atom is -0.496 e. The van der Waals surface area contributed by atoms with Crippen LogP contribution in [0.3, 0.4) is 0 Å². The molecule has 36 heavy (non-hydrogen) atoms. The van der Waals surface area contributed by atoms with Gasteiger partial charge < -0.3 is 18.6 Å². The molecule has 0 unspecified atom stereocenters. The monoisotopic (exact) mass is 502 g/mol. The molecule has 0 radical (unpaired) electrons. The Morgan fingerprint density at radius 1 is 1.03 bits per heavy atom. The summed E-state index contributed by atoms with van der Waals surface area (Å²) in [4.78, 5) is 9.46. The van der Waals surface area contributed by atoms with Crippen LogP contribution in [0, 0.1) is 5.82 Å². The van der Waals surface area contributed by atoms with Crippen LogP contribution >= 0.6 is 11.3 Å². The van der Waals surface area contributed by atoms with Crippen LogP contribution in [-0.4, -0.2) is 33.8 Å². The summed E-state index contributed by atoms with van der Waals surface area (Å²) in [5, 5.41) is 5.64. The van der Waals surface area contributed by atoms with Crippen LogP contribution in [0.15, 0.2) is 71.4 Å². The molecule has 0 saturated carbocycles. The number of furan rings is 1. The number of ether oxygens (including phenoxy) is 3. The van der Waals surface area contributed by atoms with Crippen molar-refractivity contribution >= 4 is 27.3 Å². The standard InChI is InChI=1S/C26H19FN4O4S/c1-32-18-9-22(34-14-15-4-3-5-16(8-15)20-7-6-17(27)12-28-20)19-11-24(35-23(19)10-18)21-13-31-25(29-21)36-26(30-31)33-2/h3-13H,14H2,1-2H3. The van der Waals surface area contributed by atoms with Gasteiger partial charge in [0.15, 0.2) is 5.76 Å². The number of pyridine rings is 1. The smallest absolute Gasteiger partial charge is 0.294 e. The van der Waals surface area contributed by atoms with Crippen LogP contribution in [0.2, 0.25) is 0 Å². The van der Waals surface area contributed by atoms with Gasteiger partial charge in [0, 0.05) is 17.7 Å². The number of methoxy groups -OCH3 is 2. The number of hydrogen-bond acceptors (Lipinski definition) is 8. The first kappa shape index (κ1) is 22.1. The van der Waals surface area contributed by atoms with E-state index >= 15 is 0 Å². The molecule has 0 N–H and O–H groups in total. The van der Waals surface area contributed by atoms with Gasteiger partial charge in [0.1, 0.15) is 35.2 Å². The number of benzene rings is 2. The second kappa shape index (κ2) is 8.97. The van der Waals surface area contributed by atoms with E-state index in [1.54, 1.807) is 31.0 Å². The fourth-order valence-corrected chi connectivity index (χ4v) is 4.56. The van der Waals surface area contributed by atoms with Gasteiger partial charge in [0.05, 0.1) is 37.7 Å². The second-order valence-electron chi connectivity index (χ2n) is 7.92. The highest BCUT2D eigenvalue weighted by Gasteiger charge is 2.17. The number of imidazole rings is 1. The van der Waals surface area contributed by atoms with Gasteiger partial charge in [-0.15, -0.1) is 5.10 Å². The lowest BCUT2D eigenvalue weighted by molar-refractivity contribution is 0.307. The van der Waals surface area contributed by atoms with E-state index in [9.17, 15) is 4.39 Å². The molecule has 6 aromatic rings. The molecular formula is C26H19FN4O4S. The van der Waals surface area contributed by atoms with Gasteiger partial charge in [0.25, 0.3) is 5.19 Å². The van der Waals surface area contributed by atoms with Gasteiger partial charge in [-0.25, -0.2) is 13.9 Å². The summed E-state index contributed by atoms with van der Waals surface area (Å²) in [6.07, 6.45) is 3.00. The van der Waals surface area contributed by atoms with Gasteiger partial charge in [-0.2, -0.15) is 0 Å². The molecule has 0 atom stereocenters. The first-order chi connectivity index (χ1) is 17.6. The van der Waals surface area contributed by atoms with E-state index < -0.39 is 0 Å². The Kier molecular flexibility index (Phi) is 5.49. The quantitative estimate of drug-likeness (QED) is 0.265. The van der Waals surface area contributed by atoms with Crippen LogP contribution < -0.4 is 14.2 Å². The van der Waals surface area contributed by atoms with Crippen LogP contribution in [0.4, 0.5) is 4.39 Å². The number of halogens is 1. The molecule has 0 spiro atoms. The summed E-state index contributed by atoms with van der Waals surface area (Å²) in [6.45, 7) is 0.307. The predicted octanol–water partition coefficient (Wildman–Crippen LogP) is 6.00. The zero-order valence-electron chi connectivity index (χ0n) is 19.3. The first-order valence-corrected chi connectivity index (χ1v) is 11.8. The largest absolute Gasteiger partial charge is 0.496 e. The number of nitrogens with zero attached hydrogens (tertiary/aromatic N) is 4. The van der Waals surface area contributed by atoms with Gasteiger partial charge in [-0.05, 0) is 41.2 Å². The zero-order chi connectivity index (χ0) is 24.6. The highest BCUT2D eigenvalue weighted by atomic mass is 32.1. The third-order valence-electron chi connectivity index (χ3n) is 5.60. The van der Waals surface area contributed by atoms with Crippen molar-refractivity contribution in [2.24, 2.45) is 0 Å². The fraction of sp³-hybridized carbons (Fsp3) is 0.115. The van der Waals surface area contributed by atoms with Crippen molar-refractivity contribution in [2.75, 3.05) is 14.2 Å². The van der Waals surface area contributed by atoms with Crippen molar-refractivity contribution in [3.63, 3.8) is 0 Å². The van der Waals surface area contributed by atoms with Crippen LogP contribution in [0.25, 0.3) is 38.6 Å². The van der Waals surface area contributed by atoms with Gasteiger partial charge >= 0.3 is 0 Å². The van der Waals surface area contributed by atoms with Gasteiger partial charge in [-0.1, -0.05) is 18.2 Å². The minimum absolute atomic E-state index is 0.307. The van der Waals surface area contributed by atoms with Gasteiger partial charge in [0.2, 0.25) is 4.96 Å². The molecule has 0 bridgehead atoms. The molecule has 4 heterocycles. The molecule has 180 valence electrons. The maximum Gasteiger partial charge on any atom is 0.294 e. The predicted molar refractivity (Wildman–Crippen MR) is 133 cm³/mol. The summed E-state index contributed by atoms with van der Waals surface area (Å²) < 4.78 is 37.8.